The molecular weight excluding hydrogens is 297 g/mol. The Bertz CT molecular complexity index is 354. The van der Waals surface area contributed by atoms with Crippen molar-refractivity contribution in [1.29, 1.82) is 0 Å². The van der Waals surface area contributed by atoms with Gasteiger partial charge in [-0.3, -0.25) is 0 Å². The average Bonchev–Trinajstić information content (AvgIpc) is 2.35. The number of halogens is 3. The van der Waals surface area contributed by atoms with E-state index < -0.39 is 29.8 Å². The van der Waals surface area contributed by atoms with Gasteiger partial charge >= 0.3 is 12.3 Å². The summed E-state index contributed by atoms with van der Waals surface area (Å²) in [5.41, 5.74) is -0.551. The van der Waals surface area contributed by atoms with E-state index in [1.54, 1.807) is 20.8 Å². The molecule has 0 radical (unpaired) electrons. The third-order valence-electron chi connectivity index (χ3n) is 3.61. The number of alkyl halides is 3. The highest BCUT2D eigenvalue weighted by Crippen LogP contribution is 2.37. The first-order valence-electron chi connectivity index (χ1n) is 7.86. The van der Waals surface area contributed by atoms with Crippen LogP contribution >= 0.6 is 0 Å². The first-order chi connectivity index (χ1) is 10.1. The lowest BCUT2D eigenvalue weighted by Gasteiger charge is -2.33. The van der Waals surface area contributed by atoms with Crippen molar-refractivity contribution < 1.29 is 22.7 Å². The van der Waals surface area contributed by atoms with Crippen LogP contribution in [0.2, 0.25) is 0 Å². The zero-order chi connectivity index (χ0) is 16.8. The van der Waals surface area contributed by atoms with E-state index in [1.807, 2.05) is 0 Å². The number of alkyl carbamates (subject to hydrolysis) is 1. The van der Waals surface area contributed by atoms with Gasteiger partial charge in [0.25, 0.3) is 0 Å². The molecule has 0 aromatic carbocycles. The van der Waals surface area contributed by atoms with Crippen LogP contribution in [-0.2, 0) is 4.74 Å². The fraction of sp³-hybridized carbons (Fsp3) is 0.933. The number of carbonyl (C=O) groups is 1. The van der Waals surface area contributed by atoms with Gasteiger partial charge in [0.05, 0.1) is 5.92 Å². The standard InChI is InChI=1S/C15H27F3N2O2/c1-14(2,3)22-13(21)20-10-6-9-19-12-8-5-4-7-11(12)15(16,17)18/h11-12,19H,4-10H2,1-3H3,(H,20,21). The van der Waals surface area contributed by atoms with Crippen LogP contribution in [0, 0.1) is 5.92 Å². The van der Waals surface area contributed by atoms with E-state index in [1.165, 1.54) is 0 Å². The molecule has 7 heteroatoms. The normalized spacial score (nSPS) is 23.2. The van der Waals surface area contributed by atoms with Crippen molar-refractivity contribution in [3.63, 3.8) is 0 Å². The second kappa shape index (κ2) is 8.04. The average molecular weight is 324 g/mol. The molecule has 1 saturated carbocycles. The predicted molar refractivity (Wildman–Crippen MR) is 78.7 cm³/mol. The molecule has 0 aliphatic heterocycles. The van der Waals surface area contributed by atoms with Gasteiger partial charge in [-0.25, -0.2) is 4.79 Å². The molecule has 22 heavy (non-hydrogen) atoms. The molecule has 1 fully saturated rings. The number of nitrogens with one attached hydrogen (secondary N) is 2. The van der Waals surface area contributed by atoms with Crippen LogP contribution in [0.5, 0.6) is 0 Å². The minimum absolute atomic E-state index is 0.206. The summed E-state index contributed by atoms with van der Waals surface area (Å²) in [6.07, 6.45) is -1.82. The van der Waals surface area contributed by atoms with Crippen LogP contribution in [0.4, 0.5) is 18.0 Å². The molecule has 0 aromatic heterocycles. The van der Waals surface area contributed by atoms with E-state index in [-0.39, 0.29) is 6.42 Å². The van der Waals surface area contributed by atoms with Crippen molar-refractivity contribution in [2.75, 3.05) is 13.1 Å². The molecule has 0 aromatic rings. The fourth-order valence-electron chi connectivity index (χ4n) is 2.65. The van der Waals surface area contributed by atoms with Crippen LogP contribution in [0.15, 0.2) is 0 Å². The Balaban J connectivity index is 2.22. The molecule has 2 N–H and O–H groups in total. The Labute approximate surface area is 130 Å². The van der Waals surface area contributed by atoms with Crippen molar-refractivity contribution in [2.45, 2.75) is 70.7 Å². The second-order valence-corrected chi connectivity index (χ2v) is 6.78. The van der Waals surface area contributed by atoms with Gasteiger partial charge in [0, 0.05) is 12.6 Å². The number of hydrogen-bond acceptors (Lipinski definition) is 3. The third-order valence-corrected chi connectivity index (χ3v) is 3.61. The lowest BCUT2D eigenvalue weighted by molar-refractivity contribution is -0.188. The lowest BCUT2D eigenvalue weighted by atomic mass is 9.84. The molecule has 1 rings (SSSR count). The van der Waals surface area contributed by atoms with Gasteiger partial charge in [0.1, 0.15) is 5.60 Å². The summed E-state index contributed by atoms with van der Waals surface area (Å²) < 4.78 is 43.8. The van der Waals surface area contributed by atoms with Gasteiger partial charge < -0.3 is 15.4 Å². The Morgan fingerprint density at radius 2 is 1.77 bits per heavy atom. The molecule has 1 aliphatic carbocycles. The van der Waals surface area contributed by atoms with E-state index in [0.717, 1.165) is 6.42 Å². The lowest BCUT2D eigenvalue weighted by Crippen LogP contribution is -2.46. The fourth-order valence-corrected chi connectivity index (χ4v) is 2.65. The van der Waals surface area contributed by atoms with Crippen molar-refractivity contribution in [3.05, 3.63) is 0 Å². The highest BCUT2D eigenvalue weighted by molar-refractivity contribution is 5.67. The minimum atomic E-state index is -4.13. The van der Waals surface area contributed by atoms with E-state index in [2.05, 4.69) is 10.6 Å². The topological polar surface area (TPSA) is 50.4 Å². The van der Waals surface area contributed by atoms with Crippen LogP contribution in [0.3, 0.4) is 0 Å². The first-order valence-corrected chi connectivity index (χ1v) is 7.86. The van der Waals surface area contributed by atoms with Gasteiger partial charge in [0.2, 0.25) is 0 Å². The van der Waals surface area contributed by atoms with Crippen LogP contribution in [-0.4, -0.2) is 37.0 Å². The van der Waals surface area contributed by atoms with Gasteiger partial charge in [-0.1, -0.05) is 12.8 Å². The number of amides is 1. The summed E-state index contributed by atoms with van der Waals surface area (Å²) in [6, 6.07) is -0.504. The molecule has 0 spiro atoms. The van der Waals surface area contributed by atoms with E-state index in [4.69, 9.17) is 4.74 Å². The molecular formula is C15H27F3N2O2. The van der Waals surface area contributed by atoms with Crippen molar-refractivity contribution >= 4 is 6.09 Å². The summed E-state index contributed by atoms with van der Waals surface area (Å²) in [4.78, 5) is 11.4. The third kappa shape index (κ3) is 7.33. The van der Waals surface area contributed by atoms with E-state index in [0.29, 0.717) is 32.4 Å². The Kier molecular flexibility index (Phi) is 6.97. The van der Waals surface area contributed by atoms with Gasteiger partial charge in [-0.15, -0.1) is 0 Å². The Hall–Kier alpha value is -0.980. The summed E-state index contributed by atoms with van der Waals surface area (Å²) in [5.74, 6) is -1.25. The van der Waals surface area contributed by atoms with Crippen molar-refractivity contribution in [2.24, 2.45) is 5.92 Å². The van der Waals surface area contributed by atoms with Gasteiger partial charge in [0.15, 0.2) is 0 Å². The molecule has 0 bridgehead atoms. The van der Waals surface area contributed by atoms with Gasteiger partial charge in [-0.05, 0) is 46.6 Å². The second-order valence-electron chi connectivity index (χ2n) is 6.78. The zero-order valence-corrected chi connectivity index (χ0v) is 13.6. The number of hydrogen-bond donors (Lipinski definition) is 2. The van der Waals surface area contributed by atoms with Crippen LogP contribution in [0.25, 0.3) is 0 Å². The number of ether oxygens (including phenoxy) is 1. The van der Waals surface area contributed by atoms with Gasteiger partial charge in [-0.2, -0.15) is 13.2 Å². The zero-order valence-electron chi connectivity index (χ0n) is 13.6. The minimum Gasteiger partial charge on any atom is -0.444 e. The first kappa shape index (κ1) is 19.1. The highest BCUT2D eigenvalue weighted by Gasteiger charge is 2.45. The summed E-state index contributed by atoms with van der Waals surface area (Å²) >= 11 is 0. The quantitative estimate of drug-likeness (QED) is 0.760. The maximum Gasteiger partial charge on any atom is 0.407 e. The monoisotopic (exact) mass is 324 g/mol. The smallest absolute Gasteiger partial charge is 0.407 e. The largest absolute Gasteiger partial charge is 0.444 e. The van der Waals surface area contributed by atoms with E-state index in [9.17, 15) is 18.0 Å². The van der Waals surface area contributed by atoms with E-state index >= 15 is 0 Å². The molecule has 2 atom stereocenters. The maximum absolute atomic E-state index is 12.9. The van der Waals surface area contributed by atoms with Crippen LogP contribution < -0.4 is 10.6 Å². The van der Waals surface area contributed by atoms with Crippen LogP contribution in [0.1, 0.15) is 52.9 Å². The summed E-state index contributed by atoms with van der Waals surface area (Å²) in [7, 11) is 0. The Morgan fingerprint density at radius 1 is 1.14 bits per heavy atom. The highest BCUT2D eigenvalue weighted by atomic mass is 19.4. The molecule has 1 amide bonds. The molecule has 0 heterocycles. The van der Waals surface area contributed by atoms with Crippen molar-refractivity contribution in [1.82, 2.24) is 10.6 Å². The Morgan fingerprint density at radius 3 is 2.36 bits per heavy atom. The number of carbonyl (C=O) groups excluding carboxylic acids is 1. The predicted octanol–water partition coefficient (Wildman–Crippen LogP) is 3.61. The summed E-state index contributed by atoms with van der Waals surface area (Å²) in [5, 5.41) is 5.58. The molecule has 2 unspecified atom stereocenters. The molecule has 130 valence electrons. The SMILES string of the molecule is CC(C)(C)OC(=O)NCCCNC1CCCCC1C(F)(F)F. The molecule has 4 nitrogen and oxygen atoms in total. The number of rotatable bonds is 5. The van der Waals surface area contributed by atoms with Crippen molar-refractivity contribution in [3.8, 4) is 0 Å². The maximum atomic E-state index is 12.9. The summed E-state index contributed by atoms with van der Waals surface area (Å²) in [6.45, 7) is 6.15. The molecule has 1 aliphatic rings. The molecule has 0 saturated heterocycles.